The minimum atomic E-state index is -1.11. The Bertz CT molecular complexity index is 1190. The summed E-state index contributed by atoms with van der Waals surface area (Å²) in [4.78, 5) is 54.8. The van der Waals surface area contributed by atoms with Crippen LogP contribution in [-0.2, 0) is 25.5 Å². The summed E-state index contributed by atoms with van der Waals surface area (Å²) in [6.45, 7) is 1.53. The number of allylic oxidation sites excluding steroid dienone is 2. The van der Waals surface area contributed by atoms with Gasteiger partial charge in [0.1, 0.15) is 6.04 Å². The lowest BCUT2D eigenvalue weighted by molar-refractivity contribution is -0.160. The summed E-state index contributed by atoms with van der Waals surface area (Å²) in [5.74, 6) is -1.28. The van der Waals surface area contributed by atoms with Crippen molar-refractivity contribution in [3.05, 3.63) is 83.9 Å². The fourth-order valence-corrected chi connectivity index (χ4v) is 6.55. The zero-order valence-corrected chi connectivity index (χ0v) is 19.4. The number of likely N-dealkylation sites (tertiary alicyclic amines) is 1. The standard InChI is InChI=1S/C29H27NO5/c1-16(26(31)18-10-6-3-7-11-18)35-29(34)23(14-17-8-4-2-5-9-17)30-27(32)24-19-12-13-20(22-15-21(19)22)25(24)28(30)33/h2-13,16,19-25H,14-15H2,1H3/t16-,19-,20-,21-,22+,23-,24-,25+/m0/s1. The number of hydrogen-bond donors (Lipinski definition) is 0. The van der Waals surface area contributed by atoms with Crippen LogP contribution >= 0.6 is 0 Å². The Balaban J connectivity index is 1.28. The largest absolute Gasteiger partial charge is 0.453 e. The first-order valence-corrected chi connectivity index (χ1v) is 12.3. The summed E-state index contributed by atoms with van der Waals surface area (Å²) < 4.78 is 5.61. The molecule has 5 aliphatic rings. The molecule has 4 aliphatic carbocycles. The Kier molecular flexibility index (Phi) is 5.20. The van der Waals surface area contributed by atoms with Gasteiger partial charge in [0.25, 0.3) is 0 Å². The topological polar surface area (TPSA) is 80.8 Å². The summed E-state index contributed by atoms with van der Waals surface area (Å²) in [5, 5.41) is 0. The van der Waals surface area contributed by atoms with Crippen molar-refractivity contribution >= 4 is 23.6 Å². The van der Waals surface area contributed by atoms with Gasteiger partial charge in [0.15, 0.2) is 6.10 Å². The van der Waals surface area contributed by atoms with Gasteiger partial charge in [-0.3, -0.25) is 19.3 Å². The molecule has 35 heavy (non-hydrogen) atoms. The van der Waals surface area contributed by atoms with Gasteiger partial charge in [-0.2, -0.15) is 0 Å². The summed E-state index contributed by atoms with van der Waals surface area (Å²) in [6, 6.07) is 16.8. The van der Waals surface area contributed by atoms with Crippen molar-refractivity contribution in [1.82, 2.24) is 4.90 Å². The number of carbonyl (C=O) groups is 4. The van der Waals surface area contributed by atoms with Crippen LogP contribution < -0.4 is 0 Å². The molecule has 2 aromatic rings. The molecule has 0 aromatic heterocycles. The molecule has 0 unspecified atom stereocenters. The Morgan fingerprint density at radius 3 is 2.00 bits per heavy atom. The van der Waals surface area contributed by atoms with Crippen molar-refractivity contribution in [2.75, 3.05) is 0 Å². The molecule has 1 aliphatic heterocycles. The van der Waals surface area contributed by atoms with Crippen molar-refractivity contribution in [2.45, 2.75) is 31.9 Å². The fraction of sp³-hybridized carbons (Fsp3) is 0.379. The molecule has 7 rings (SSSR count). The SMILES string of the molecule is C[C@H](OC(=O)[C@H](Cc1ccccc1)N1C(=O)[C@@H]2[C@H]3C=C[C@@H]([C@@H]4C[C@H]34)[C@@H]2C1=O)C(=O)c1ccccc1. The Morgan fingerprint density at radius 2 is 1.43 bits per heavy atom. The van der Waals surface area contributed by atoms with E-state index < -0.39 is 30.0 Å². The van der Waals surface area contributed by atoms with Crippen LogP contribution in [0.5, 0.6) is 0 Å². The number of imide groups is 1. The average molecular weight is 470 g/mol. The van der Waals surface area contributed by atoms with E-state index in [9.17, 15) is 19.2 Å². The van der Waals surface area contributed by atoms with E-state index in [-0.39, 0.29) is 35.9 Å². The van der Waals surface area contributed by atoms with Crippen LogP contribution in [0.25, 0.3) is 0 Å². The number of nitrogens with zero attached hydrogens (tertiary/aromatic N) is 1. The molecule has 2 amide bonds. The van der Waals surface area contributed by atoms with Gasteiger partial charge in [0.05, 0.1) is 11.8 Å². The number of carbonyl (C=O) groups excluding carboxylic acids is 4. The molecular weight excluding hydrogens is 442 g/mol. The first-order valence-electron chi connectivity index (χ1n) is 12.3. The minimum absolute atomic E-state index is 0.0726. The number of ether oxygens (including phenoxy) is 1. The number of Topliss-reactive ketones (excluding diaryl/α,β-unsaturated/α-hetero) is 1. The normalized spacial score (nSPS) is 31.5. The van der Waals surface area contributed by atoms with Crippen molar-refractivity contribution in [3.8, 4) is 0 Å². The minimum Gasteiger partial charge on any atom is -0.453 e. The number of hydrogen-bond acceptors (Lipinski definition) is 5. The summed E-state index contributed by atoms with van der Waals surface area (Å²) in [5.41, 5.74) is 1.25. The molecule has 3 fully saturated rings. The van der Waals surface area contributed by atoms with E-state index in [4.69, 9.17) is 4.74 Å². The van der Waals surface area contributed by atoms with E-state index in [1.165, 1.54) is 11.8 Å². The molecule has 2 bridgehead atoms. The molecular formula is C29H27NO5. The molecule has 0 radical (unpaired) electrons. The average Bonchev–Trinajstić information content (AvgIpc) is 3.67. The molecule has 0 N–H and O–H groups in total. The summed E-state index contributed by atoms with van der Waals surface area (Å²) >= 11 is 0. The van der Waals surface area contributed by atoms with Crippen LogP contribution in [0.3, 0.4) is 0 Å². The van der Waals surface area contributed by atoms with Gasteiger partial charge in [-0.05, 0) is 42.6 Å². The predicted octanol–water partition coefficient (Wildman–Crippen LogP) is 3.47. The zero-order valence-electron chi connectivity index (χ0n) is 19.4. The van der Waals surface area contributed by atoms with Crippen LogP contribution in [0.2, 0.25) is 0 Å². The molecule has 178 valence electrons. The van der Waals surface area contributed by atoms with Gasteiger partial charge < -0.3 is 4.74 Å². The number of amides is 2. The number of benzene rings is 2. The summed E-state index contributed by atoms with van der Waals surface area (Å²) in [6.07, 6.45) is 4.41. The number of rotatable bonds is 7. The van der Waals surface area contributed by atoms with E-state index in [0.29, 0.717) is 17.4 Å². The molecule has 0 spiro atoms. The number of esters is 1. The maximum atomic E-state index is 13.7. The second-order valence-electron chi connectivity index (χ2n) is 10.2. The van der Waals surface area contributed by atoms with Gasteiger partial charge in [-0.25, -0.2) is 4.79 Å². The van der Waals surface area contributed by atoms with Gasteiger partial charge >= 0.3 is 5.97 Å². The van der Waals surface area contributed by atoms with Crippen molar-refractivity contribution in [2.24, 2.45) is 35.5 Å². The maximum absolute atomic E-state index is 13.7. The van der Waals surface area contributed by atoms with Crippen molar-refractivity contribution in [3.63, 3.8) is 0 Å². The maximum Gasteiger partial charge on any atom is 0.330 e. The zero-order chi connectivity index (χ0) is 24.3. The lowest BCUT2D eigenvalue weighted by atomic mass is 9.63. The van der Waals surface area contributed by atoms with Crippen LogP contribution in [0.15, 0.2) is 72.8 Å². The highest BCUT2D eigenvalue weighted by Gasteiger charge is 2.68. The second-order valence-corrected chi connectivity index (χ2v) is 10.2. The predicted molar refractivity (Wildman–Crippen MR) is 127 cm³/mol. The lowest BCUT2D eigenvalue weighted by Gasteiger charge is -2.37. The monoisotopic (exact) mass is 469 g/mol. The van der Waals surface area contributed by atoms with Gasteiger partial charge in [0, 0.05) is 12.0 Å². The molecule has 6 nitrogen and oxygen atoms in total. The Hall–Kier alpha value is -3.54. The first-order chi connectivity index (χ1) is 17.0. The van der Waals surface area contributed by atoms with E-state index in [1.807, 2.05) is 30.3 Å². The lowest BCUT2D eigenvalue weighted by Crippen LogP contribution is -2.49. The van der Waals surface area contributed by atoms with Crippen LogP contribution in [0.1, 0.15) is 29.3 Å². The van der Waals surface area contributed by atoms with Gasteiger partial charge in [-0.15, -0.1) is 0 Å². The first kappa shape index (κ1) is 22.0. The molecule has 8 atom stereocenters. The van der Waals surface area contributed by atoms with Crippen LogP contribution in [0.4, 0.5) is 0 Å². The summed E-state index contributed by atoms with van der Waals surface area (Å²) in [7, 11) is 0. The Labute approximate surface area is 203 Å². The van der Waals surface area contributed by atoms with Gasteiger partial charge in [0.2, 0.25) is 17.6 Å². The third kappa shape index (κ3) is 3.54. The van der Waals surface area contributed by atoms with E-state index in [0.717, 1.165) is 12.0 Å². The smallest absolute Gasteiger partial charge is 0.330 e. The molecule has 2 saturated carbocycles. The molecule has 1 heterocycles. The fourth-order valence-electron chi connectivity index (χ4n) is 6.55. The molecule has 6 heteroatoms. The van der Waals surface area contributed by atoms with E-state index in [2.05, 4.69) is 12.2 Å². The highest BCUT2D eigenvalue weighted by atomic mass is 16.5. The highest BCUT2D eigenvalue weighted by Crippen LogP contribution is 2.65. The van der Waals surface area contributed by atoms with Crippen molar-refractivity contribution in [1.29, 1.82) is 0 Å². The van der Waals surface area contributed by atoms with Gasteiger partial charge in [-0.1, -0.05) is 72.8 Å². The van der Waals surface area contributed by atoms with E-state index >= 15 is 0 Å². The molecule has 2 aromatic carbocycles. The Morgan fingerprint density at radius 1 is 0.886 bits per heavy atom. The quantitative estimate of drug-likeness (QED) is 0.269. The van der Waals surface area contributed by atoms with Crippen molar-refractivity contribution < 1.29 is 23.9 Å². The third-order valence-electron chi connectivity index (χ3n) is 8.27. The molecule has 1 saturated heterocycles. The second kappa shape index (κ2) is 8.29. The van der Waals surface area contributed by atoms with E-state index in [1.54, 1.807) is 30.3 Å². The van der Waals surface area contributed by atoms with Crippen LogP contribution in [0, 0.1) is 35.5 Å². The number of ketones is 1. The van der Waals surface area contributed by atoms with Crippen LogP contribution in [-0.4, -0.2) is 40.6 Å². The highest BCUT2D eigenvalue weighted by molar-refractivity contribution is 6.09. The third-order valence-corrected chi connectivity index (χ3v) is 8.27.